The Morgan fingerprint density at radius 1 is 1.00 bits per heavy atom. The van der Waals surface area contributed by atoms with Crippen LogP contribution in [0.2, 0.25) is 0 Å². The van der Waals surface area contributed by atoms with E-state index in [2.05, 4.69) is 6.92 Å². The minimum absolute atomic E-state index is 0.632. The fraction of sp³-hybridized carbons (Fsp3) is 1.00. The van der Waals surface area contributed by atoms with Crippen molar-refractivity contribution in [3.8, 4) is 0 Å². The molecule has 0 atom stereocenters. The number of hydrogen-bond donors (Lipinski definition) is 0. The average Bonchev–Trinajstić information content (AvgIpc) is 1.85. The number of alkyl halides is 4. The molecule has 0 radical (unpaired) electrons. The Bertz CT molecular complexity index is 126. The van der Waals surface area contributed by atoms with E-state index in [0.29, 0.717) is 6.42 Å². The smallest absolute Gasteiger partial charge is 0.0986 e. The quantitative estimate of drug-likeness (QED) is 0.480. The highest BCUT2D eigenvalue weighted by atomic mass is 35.5. The van der Waals surface area contributed by atoms with E-state index in [-0.39, 0.29) is 0 Å². The first-order valence-electron chi connectivity index (χ1n) is 4.07. The van der Waals surface area contributed by atoms with Gasteiger partial charge in [0.2, 0.25) is 0 Å². The molecule has 0 aromatic heterocycles. The fourth-order valence-corrected chi connectivity index (χ4v) is 1.27. The first-order valence-corrected chi connectivity index (χ1v) is 5.58. The third-order valence-electron chi connectivity index (χ3n) is 1.74. The molecular formula is C8H14Cl4. The highest BCUT2D eigenvalue weighted by Crippen LogP contribution is 2.45. The van der Waals surface area contributed by atoms with Gasteiger partial charge in [0, 0.05) is 0 Å². The zero-order chi connectivity index (χ0) is 9.83. The topological polar surface area (TPSA) is 0 Å². The van der Waals surface area contributed by atoms with Crippen LogP contribution in [0.1, 0.15) is 39.5 Å². The van der Waals surface area contributed by atoms with Crippen LogP contribution in [0.25, 0.3) is 0 Å². The van der Waals surface area contributed by atoms with Crippen LogP contribution in [-0.4, -0.2) is 8.67 Å². The summed E-state index contributed by atoms with van der Waals surface area (Å²) < 4.78 is -2.12. The summed E-state index contributed by atoms with van der Waals surface area (Å²) >= 11 is 23.5. The molecule has 0 saturated heterocycles. The van der Waals surface area contributed by atoms with Crippen molar-refractivity contribution < 1.29 is 0 Å². The van der Waals surface area contributed by atoms with Gasteiger partial charge in [0.1, 0.15) is 4.33 Å². The largest absolute Gasteiger partial charge is 0.150 e. The molecule has 0 nitrogen and oxygen atoms in total. The Hall–Kier alpha value is 1.16. The molecule has 0 heterocycles. The maximum atomic E-state index is 5.95. The predicted molar refractivity (Wildman–Crippen MR) is 58.7 cm³/mol. The SMILES string of the molecule is CCCCCC(Cl)(Cl)C(C)(Cl)Cl. The van der Waals surface area contributed by atoms with E-state index >= 15 is 0 Å². The van der Waals surface area contributed by atoms with Crippen molar-refractivity contribution in [1.82, 2.24) is 0 Å². The summed E-state index contributed by atoms with van der Waals surface area (Å²) in [7, 11) is 0. The average molecular weight is 252 g/mol. The summed E-state index contributed by atoms with van der Waals surface area (Å²) in [4.78, 5) is 0. The van der Waals surface area contributed by atoms with E-state index in [1.165, 1.54) is 0 Å². The van der Waals surface area contributed by atoms with Gasteiger partial charge in [-0.1, -0.05) is 72.6 Å². The summed E-state index contributed by atoms with van der Waals surface area (Å²) in [5, 5.41) is 0. The lowest BCUT2D eigenvalue weighted by molar-refractivity contribution is 0.578. The third-order valence-corrected chi connectivity index (χ3v) is 3.90. The molecule has 4 heteroatoms. The van der Waals surface area contributed by atoms with Gasteiger partial charge in [0.15, 0.2) is 4.33 Å². The minimum Gasteiger partial charge on any atom is -0.0986 e. The third kappa shape index (κ3) is 4.41. The van der Waals surface area contributed by atoms with Gasteiger partial charge in [0.25, 0.3) is 0 Å². The molecule has 0 amide bonds. The van der Waals surface area contributed by atoms with Crippen LogP contribution in [0.15, 0.2) is 0 Å². The maximum Gasteiger partial charge on any atom is 0.150 e. The van der Waals surface area contributed by atoms with Crippen molar-refractivity contribution in [3.05, 3.63) is 0 Å². The molecule has 0 rings (SSSR count). The molecule has 74 valence electrons. The van der Waals surface area contributed by atoms with Crippen LogP contribution in [-0.2, 0) is 0 Å². The van der Waals surface area contributed by atoms with E-state index < -0.39 is 8.67 Å². The number of unbranched alkanes of at least 4 members (excludes halogenated alkanes) is 2. The molecule has 0 spiro atoms. The second kappa shape index (κ2) is 5.14. The standard InChI is InChI=1S/C8H14Cl4/c1-3-4-5-6-8(11,12)7(2,9)10/h3-6H2,1-2H3. The second-order valence-corrected chi connectivity index (χ2v) is 6.24. The van der Waals surface area contributed by atoms with Crippen LogP contribution in [0.5, 0.6) is 0 Å². The van der Waals surface area contributed by atoms with E-state index in [4.69, 9.17) is 46.4 Å². The maximum absolute atomic E-state index is 5.95. The van der Waals surface area contributed by atoms with Gasteiger partial charge < -0.3 is 0 Å². The van der Waals surface area contributed by atoms with E-state index in [0.717, 1.165) is 19.3 Å². The van der Waals surface area contributed by atoms with Gasteiger partial charge in [-0.2, -0.15) is 0 Å². The number of halogens is 4. The Morgan fingerprint density at radius 2 is 1.50 bits per heavy atom. The van der Waals surface area contributed by atoms with Gasteiger partial charge in [-0.3, -0.25) is 0 Å². The summed E-state index contributed by atoms with van der Waals surface area (Å²) in [6.07, 6.45) is 3.82. The number of hydrogen-bond acceptors (Lipinski definition) is 0. The molecule has 0 aromatic carbocycles. The number of rotatable bonds is 5. The molecule has 0 fully saturated rings. The van der Waals surface area contributed by atoms with E-state index in [9.17, 15) is 0 Å². The van der Waals surface area contributed by atoms with Gasteiger partial charge in [-0.05, 0) is 13.3 Å². The lowest BCUT2D eigenvalue weighted by Gasteiger charge is -2.29. The zero-order valence-electron chi connectivity index (χ0n) is 7.34. The molecule has 0 aliphatic rings. The predicted octanol–water partition coefficient (Wildman–Crippen LogP) is 4.93. The Kier molecular flexibility index (Phi) is 5.64. The van der Waals surface area contributed by atoms with Crippen molar-refractivity contribution in [3.63, 3.8) is 0 Å². The molecule has 0 aliphatic heterocycles. The fourth-order valence-electron chi connectivity index (χ4n) is 0.817. The van der Waals surface area contributed by atoms with Crippen molar-refractivity contribution >= 4 is 46.4 Å². The second-order valence-electron chi connectivity index (χ2n) is 3.05. The Balaban J connectivity index is 3.88. The normalized spacial score (nSPS) is 13.5. The van der Waals surface area contributed by atoms with Gasteiger partial charge in [-0.25, -0.2) is 0 Å². The first kappa shape index (κ1) is 13.2. The summed E-state index contributed by atoms with van der Waals surface area (Å²) in [5.74, 6) is 0. The lowest BCUT2D eigenvalue weighted by atomic mass is 10.1. The van der Waals surface area contributed by atoms with Crippen LogP contribution < -0.4 is 0 Å². The van der Waals surface area contributed by atoms with E-state index in [1.54, 1.807) is 6.92 Å². The van der Waals surface area contributed by atoms with Crippen molar-refractivity contribution in [1.29, 1.82) is 0 Å². The molecule has 0 bridgehead atoms. The Labute approximate surface area is 94.5 Å². The van der Waals surface area contributed by atoms with Gasteiger partial charge in [0.05, 0.1) is 0 Å². The van der Waals surface area contributed by atoms with Gasteiger partial charge in [-0.15, -0.1) is 0 Å². The molecule has 0 unspecified atom stereocenters. The highest BCUT2D eigenvalue weighted by Gasteiger charge is 2.42. The Morgan fingerprint density at radius 3 is 1.83 bits per heavy atom. The molecule has 0 saturated carbocycles. The summed E-state index contributed by atoms with van der Waals surface area (Å²) in [6.45, 7) is 3.73. The summed E-state index contributed by atoms with van der Waals surface area (Å²) in [5.41, 5.74) is 0. The zero-order valence-corrected chi connectivity index (χ0v) is 10.4. The first-order chi connectivity index (χ1) is 5.31. The van der Waals surface area contributed by atoms with Gasteiger partial charge >= 0.3 is 0 Å². The summed E-state index contributed by atoms with van der Waals surface area (Å²) in [6, 6.07) is 0. The molecule has 0 aromatic rings. The lowest BCUT2D eigenvalue weighted by Crippen LogP contribution is -2.33. The van der Waals surface area contributed by atoms with Crippen molar-refractivity contribution in [2.45, 2.75) is 48.2 Å². The van der Waals surface area contributed by atoms with Crippen LogP contribution in [0, 0.1) is 0 Å². The molecule has 12 heavy (non-hydrogen) atoms. The van der Waals surface area contributed by atoms with Crippen LogP contribution >= 0.6 is 46.4 Å². The molecular weight excluding hydrogens is 238 g/mol. The monoisotopic (exact) mass is 250 g/mol. The van der Waals surface area contributed by atoms with Crippen molar-refractivity contribution in [2.75, 3.05) is 0 Å². The highest BCUT2D eigenvalue weighted by molar-refractivity contribution is 6.62. The van der Waals surface area contributed by atoms with Crippen molar-refractivity contribution in [2.24, 2.45) is 0 Å². The van der Waals surface area contributed by atoms with E-state index in [1.807, 2.05) is 0 Å². The van der Waals surface area contributed by atoms with Crippen LogP contribution in [0.4, 0.5) is 0 Å². The molecule has 0 aliphatic carbocycles. The van der Waals surface area contributed by atoms with Crippen LogP contribution in [0.3, 0.4) is 0 Å². The minimum atomic E-state index is -1.08. The molecule has 0 N–H and O–H groups in total.